The van der Waals surface area contributed by atoms with Crippen LogP contribution in [0.4, 0.5) is 0 Å². The molecular formula is C20H14N2O3S. The second-order valence-electron chi connectivity index (χ2n) is 5.94. The molecule has 0 amide bonds. The second-order valence-corrected chi connectivity index (χ2v) is 6.95. The first-order valence-electron chi connectivity index (χ1n) is 8.26. The Bertz CT molecular complexity index is 1120. The Balaban J connectivity index is 1.63. The third-order valence-electron chi connectivity index (χ3n) is 4.35. The molecule has 0 N–H and O–H groups in total. The Morgan fingerprint density at radius 3 is 2.62 bits per heavy atom. The molecule has 0 radical (unpaired) electrons. The van der Waals surface area contributed by atoms with Crippen LogP contribution in [0.1, 0.15) is 10.5 Å². The zero-order chi connectivity index (χ0) is 17.5. The number of fused-ring (bicyclic) bond motifs is 2. The fourth-order valence-corrected chi connectivity index (χ4v) is 4.11. The number of hydrogen-bond donors (Lipinski definition) is 0. The lowest BCUT2D eigenvalue weighted by atomic mass is 10.1. The van der Waals surface area contributed by atoms with E-state index in [1.54, 1.807) is 11.3 Å². The quantitative estimate of drug-likeness (QED) is 0.510. The number of nitrogens with zero attached hydrogens (tertiary/aromatic N) is 2. The highest BCUT2D eigenvalue weighted by Gasteiger charge is 2.19. The Kier molecular flexibility index (Phi) is 3.50. The lowest BCUT2D eigenvalue weighted by Crippen LogP contribution is -2.15. The van der Waals surface area contributed by atoms with Gasteiger partial charge in [0.15, 0.2) is 22.7 Å². The minimum absolute atomic E-state index is 0.524. The van der Waals surface area contributed by atoms with Crippen molar-refractivity contribution in [1.29, 1.82) is 0 Å². The number of thiazole rings is 1. The molecule has 0 saturated heterocycles. The van der Waals surface area contributed by atoms with Crippen molar-refractivity contribution in [2.75, 3.05) is 13.2 Å². The van der Waals surface area contributed by atoms with Crippen molar-refractivity contribution < 1.29 is 14.3 Å². The molecule has 1 aliphatic rings. The van der Waals surface area contributed by atoms with Crippen LogP contribution in [0.5, 0.6) is 11.5 Å². The summed E-state index contributed by atoms with van der Waals surface area (Å²) in [4.78, 5) is 18.4. The molecule has 0 atom stereocenters. The summed E-state index contributed by atoms with van der Waals surface area (Å²) in [5.41, 5.74) is 3.15. The van der Waals surface area contributed by atoms with Gasteiger partial charge in [-0.2, -0.15) is 0 Å². The first-order valence-corrected chi connectivity index (χ1v) is 9.07. The van der Waals surface area contributed by atoms with Gasteiger partial charge in [0.25, 0.3) is 0 Å². The number of aldehydes is 1. The summed E-state index contributed by atoms with van der Waals surface area (Å²) in [6, 6.07) is 15.7. The summed E-state index contributed by atoms with van der Waals surface area (Å²) in [7, 11) is 0. The van der Waals surface area contributed by atoms with Crippen molar-refractivity contribution in [3.63, 3.8) is 0 Å². The van der Waals surface area contributed by atoms with Crippen molar-refractivity contribution in [3.8, 4) is 33.2 Å². The van der Waals surface area contributed by atoms with E-state index in [9.17, 15) is 4.79 Å². The molecule has 0 fully saturated rings. The molecule has 6 heteroatoms. The molecule has 26 heavy (non-hydrogen) atoms. The highest BCUT2D eigenvalue weighted by molar-refractivity contribution is 7.20. The van der Waals surface area contributed by atoms with E-state index in [2.05, 4.69) is 0 Å². The van der Waals surface area contributed by atoms with Crippen LogP contribution in [0.15, 0.2) is 54.7 Å². The van der Waals surface area contributed by atoms with Crippen LogP contribution < -0.4 is 9.47 Å². The van der Waals surface area contributed by atoms with Gasteiger partial charge in [0.2, 0.25) is 0 Å². The molecule has 0 spiro atoms. The van der Waals surface area contributed by atoms with E-state index in [0.717, 1.165) is 33.0 Å². The van der Waals surface area contributed by atoms with Crippen LogP contribution >= 0.6 is 11.3 Å². The van der Waals surface area contributed by atoms with Crippen LogP contribution in [0.25, 0.3) is 26.7 Å². The van der Waals surface area contributed by atoms with Gasteiger partial charge < -0.3 is 9.47 Å². The zero-order valence-electron chi connectivity index (χ0n) is 13.7. The van der Waals surface area contributed by atoms with E-state index in [0.29, 0.717) is 30.4 Å². The van der Waals surface area contributed by atoms with Crippen molar-refractivity contribution in [3.05, 3.63) is 60.4 Å². The molecule has 2 aromatic carbocycles. The third-order valence-corrected chi connectivity index (χ3v) is 5.38. The van der Waals surface area contributed by atoms with Crippen molar-refractivity contribution in [1.82, 2.24) is 9.38 Å². The first-order chi connectivity index (χ1) is 12.8. The Morgan fingerprint density at radius 1 is 1.00 bits per heavy atom. The minimum atomic E-state index is 0.524. The molecule has 3 heterocycles. The SMILES string of the molecule is O=Cc1c(-c2ccc3c(c2)OCCO3)nc2sc(-c3ccccc3)cn12. The van der Waals surface area contributed by atoms with Gasteiger partial charge >= 0.3 is 0 Å². The number of hydrogen-bond acceptors (Lipinski definition) is 5. The largest absolute Gasteiger partial charge is 0.486 e. The van der Waals surface area contributed by atoms with Crippen molar-refractivity contribution in [2.45, 2.75) is 0 Å². The molecule has 2 aromatic heterocycles. The van der Waals surface area contributed by atoms with E-state index in [1.165, 1.54) is 0 Å². The van der Waals surface area contributed by atoms with Crippen LogP contribution in [-0.2, 0) is 0 Å². The number of ether oxygens (including phenoxy) is 2. The van der Waals surface area contributed by atoms with Gasteiger partial charge in [-0.25, -0.2) is 4.98 Å². The van der Waals surface area contributed by atoms with Gasteiger partial charge in [0, 0.05) is 11.8 Å². The molecule has 128 valence electrons. The second kappa shape index (κ2) is 6.00. The average molecular weight is 362 g/mol. The maximum Gasteiger partial charge on any atom is 0.195 e. The number of carbonyl (C=O) groups is 1. The van der Waals surface area contributed by atoms with Crippen LogP contribution in [0.3, 0.4) is 0 Å². The van der Waals surface area contributed by atoms with Gasteiger partial charge in [-0.1, -0.05) is 41.7 Å². The van der Waals surface area contributed by atoms with Gasteiger partial charge in [0.05, 0.1) is 4.88 Å². The number of carbonyl (C=O) groups excluding carboxylic acids is 1. The van der Waals surface area contributed by atoms with Gasteiger partial charge in [0.1, 0.15) is 24.6 Å². The highest BCUT2D eigenvalue weighted by Crippen LogP contribution is 2.37. The van der Waals surface area contributed by atoms with Crippen LogP contribution in [0, 0.1) is 0 Å². The number of imidazole rings is 1. The molecule has 0 unspecified atom stereocenters. The molecular weight excluding hydrogens is 348 g/mol. The standard InChI is InChI=1S/C20H14N2O3S/c23-12-15-19(14-6-7-16-17(10-14)25-9-8-24-16)21-20-22(15)11-18(26-20)13-4-2-1-3-5-13/h1-7,10-12H,8-9H2. The number of rotatable bonds is 3. The molecule has 0 aliphatic carbocycles. The summed E-state index contributed by atoms with van der Waals surface area (Å²) < 4.78 is 13.1. The predicted octanol–water partition coefficient (Wildman–Crippen LogP) is 4.31. The van der Waals surface area contributed by atoms with E-state index in [1.807, 2.05) is 59.1 Å². The van der Waals surface area contributed by atoms with Gasteiger partial charge in [-0.3, -0.25) is 9.20 Å². The molecule has 1 aliphatic heterocycles. The van der Waals surface area contributed by atoms with E-state index >= 15 is 0 Å². The smallest absolute Gasteiger partial charge is 0.195 e. The summed E-state index contributed by atoms with van der Waals surface area (Å²) in [5, 5.41) is 0. The van der Waals surface area contributed by atoms with E-state index < -0.39 is 0 Å². The third kappa shape index (κ3) is 2.38. The normalized spacial score (nSPS) is 13.1. The Morgan fingerprint density at radius 2 is 1.81 bits per heavy atom. The highest BCUT2D eigenvalue weighted by atomic mass is 32.1. The fourth-order valence-electron chi connectivity index (χ4n) is 3.11. The number of aromatic nitrogens is 2. The average Bonchev–Trinajstić information content (AvgIpc) is 3.26. The molecule has 5 rings (SSSR count). The lowest BCUT2D eigenvalue weighted by Gasteiger charge is -2.18. The minimum Gasteiger partial charge on any atom is -0.486 e. The molecule has 4 aromatic rings. The topological polar surface area (TPSA) is 52.8 Å². The van der Waals surface area contributed by atoms with E-state index in [4.69, 9.17) is 14.5 Å². The maximum absolute atomic E-state index is 11.8. The first kappa shape index (κ1) is 15.2. The van der Waals surface area contributed by atoms with Crippen molar-refractivity contribution in [2.24, 2.45) is 0 Å². The monoisotopic (exact) mass is 362 g/mol. The van der Waals surface area contributed by atoms with Gasteiger partial charge in [-0.05, 0) is 23.8 Å². The van der Waals surface area contributed by atoms with Crippen LogP contribution in [-0.4, -0.2) is 28.9 Å². The lowest BCUT2D eigenvalue weighted by molar-refractivity contribution is 0.111. The summed E-state index contributed by atoms with van der Waals surface area (Å²) in [6.07, 6.45) is 2.82. The van der Waals surface area contributed by atoms with E-state index in [-0.39, 0.29) is 0 Å². The van der Waals surface area contributed by atoms with Crippen LogP contribution in [0.2, 0.25) is 0 Å². The summed E-state index contributed by atoms with van der Waals surface area (Å²) in [6.45, 7) is 1.07. The fraction of sp³-hybridized carbons (Fsp3) is 0.100. The molecule has 0 bridgehead atoms. The number of benzene rings is 2. The molecule has 0 saturated carbocycles. The maximum atomic E-state index is 11.8. The van der Waals surface area contributed by atoms with Gasteiger partial charge in [-0.15, -0.1) is 0 Å². The Labute approximate surface area is 153 Å². The summed E-state index contributed by atoms with van der Waals surface area (Å²) in [5.74, 6) is 1.41. The Hall–Kier alpha value is -3.12. The predicted molar refractivity (Wildman–Crippen MR) is 100 cm³/mol. The zero-order valence-corrected chi connectivity index (χ0v) is 14.5. The molecule has 5 nitrogen and oxygen atoms in total. The van der Waals surface area contributed by atoms with Crippen molar-refractivity contribution >= 4 is 22.6 Å². The summed E-state index contributed by atoms with van der Waals surface area (Å²) >= 11 is 1.56.